The number of aromatic nitrogens is 3. The molecule has 0 aliphatic carbocycles. The van der Waals surface area contributed by atoms with Crippen molar-refractivity contribution >= 4 is 16.7 Å². The Morgan fingerprint density at radius 2 is 1.75 bits per heavy atom. The number of benzene rings is 3. The van der Waals surface area contributed by atoms with E-state index in [0.717, 1.165) is 33.7 Å². The number of hydrogen-bond donors (Lipinski definition) is 1. The molecule has 0 amide bonds. The molecule has 0 radical (unpaired) electrons. The molecule has 4 aromatic rings. The first kappa shape index (κ1) is 17.7. The lowest BCUT2D eigenvalue weighted by molar-refractivity contribution is 0.391. The van der Waals surface area contributed by atoms with Gasteiger partial charge in [0.05, 0.1) is 26.1 Å². The zero-order valence-electron chi connectivity index (χ0n) is 15.7. The highest BCUT2D eigenvalue weighted by Gasteiger charge is 2.08. The Morgan fingerprint density at radius 1 is 0.893 bits per heavy atom. The predicted molar refractivity (Wildman–Crippen MR) is 110 cm³/mol. The molecule has 6 nitrogen and oxygen atoms in total. The Kier molecular flexibility index (Phi) is 5.01. The molecule has 0 fully saturated rings. The Labute approximate surface area is 163 Å². The summed E-state index contributed by atoms with van der Waals surface area (Å²) in [6.45, 7) is 0.510. The maximum Gasteiger partial charge on any atom is 0.243 e. The maximum absolute atomic E-state index is 5.43. The molecule has 0 bridgehead atoms. The van der Waals surface area contributed by atoms with Crippen LogP contribution in [0.25, 0.3) is 22.0 Å². The molecule has 0 aliphatic rings. The van der Waals surface area contributed by atoms with Crippen LogP contribution < -0.4 is 14.8 Å². The van der Waals surface area contributed by atoms with Gasteiger partial charge in [-0.2, -0.15) is 5.10 Å². The smallest absolute Gasteiger partial charge is 0.243 e. The van der Waals surface area contributed by atoms with E-state index in [1.165, 1.54) is 5.39 Å². The number of anilines is 1. The van der Waals surface area contributed by atoms with Gasteiger partial charge in [0.2, 0.25) is 5.95 Å². The van der Waals surface area contributed by atoms with Gasteiger partial charge >= 0.3 is 0 Å². The van der Waals surface area contributed by atoms with Crippen LogP contribution in [0.1, 0.15) is 5.56 Å². The van der Waals surface area contributed by atoms with Gasteiger partial charge in [-0.3, -0.25) is 0 Å². The number of nitrogens with one attached hydrogen (secondary N) is 1. The highest BCUT2D eigenvalue weighted by atomic mass is 16.5. The fraction of sp³-hybridized carbons (Fsp3) is 0.136. The molecule has 3 aromatic carbocycles. The number of ether oxygens (including phenoxy) is 2. The van der Waals surface area contributed by atoms with Crippen LogP contribution in [0.4, 0.5) is 5.95 Å². The SMILES string of the molecule is COc1ccc(CNc2nncc(-c3ccc4ccccc4c3)n2)c(OC)c1. The first-order valence-electron chi connectivity index (χ1n) is 8.90. The fourth-order valence-electron chi connectivity index (χ4n) is 3.04. The quantitative estimate of drug-likeness (QED) is 0.544. The van der Waals surface area contributed by atoms with Crippen molar-refractivity contribution < 1.29 is 9.47 Å². The highest BCUT2D eigenvalue weighted by Crippen LogP contribution is 2.26. The molecular formula is C22H20N4O2. The average molecular weight is 372 g/mol. The van der Waals surface area contributed by atoms with E-state index in [0.29, 0.717) is 12.5 Å². The van der Waals surface area contributed by atoms with E-state index in [1.807, 2.05) is 36.4 Å². The van der Waals surface area contributed by atoms with Crippen LogP contribution in [-0.4, -0.2) is 29.4 Å². The van der Waals surface area contributed by atoms with Crippen molar-refractivity contribution in [1.29, 1.82) is 0 Å². The van der Waals surface area contributed by atoms with Crippen LogP contribution in [-0.2, 0) is 6.54 Å². The summed E-state index contributed by atoms with van der Waals surface area (Å²) in [7, 11) is 3.27. The summed E-state index contributed by atoms with van der Waals surface area (Å²) in [5, 5.41) is 13.8. The Bertz CT molecular complexity index is 1110. The largest absolute Gasteiger partial charge is 0.497 e. The van der Waals surface area contributed by atoms with Crippen LogP contribution in [0.15, 0.2) is 66.9 Å². The summed E-state index contributed by atoms with van der Waals surface area (Å²) in [6.07, 6.45) is 1.67. The molecule has 0 saturated heterocycles. The summed E-state index contributed by atoms with van der Waals surface area (Å²) in [5.41, 5.74) is 2.74. The third kappa shape index (κ3) is 3.71. The standard InChI is InChI=1S/C22H20N4O2/c1-27-19-10-9-18(21(12-19)28-2)13-23-22-25-20(14-24-26-22)17-8-7-15-5-3-4-6-16(15)11-17/h3-12,14H,13H2,1-2H3,(H,23,25,26). The zero-order chi connectivity index (χ0) is 19.3. The van der Waals surface area contributed by atoms with Gasteiger partial charge in [0.1, 0.15) is 11.5 Å². The Hall–Kier alpha value is -3.67. The zero-order valence-corrected chi connectivity index (χ0v) is 15.7. The van der Waals surface area contributed by atoms with Crippen LogP contribution in [0.5, 0.6) is 11.5 Å². The van der Waals surface area contributed by atoms with E-state index in [1.54, 1.807) is 20.4 Å². The lowest BCUT2D eigenvalue weighted by Crippen LogP contribution is -2.06. The molecule has 1 aromatic heterocycles. The van der Waals surface area contributed by atoms with Crippen molar-refractivity contribution in [2.75, 3.05) is 19.5 Å². The van der Waals surface area contributed by atoms with E-state index < -0.39 is 0 Å². The van der Waals surface area contributed by atoms with E-state index in [4.69, 9.17) is 9.47 Å². The molecule has 4 rings (SSSR count). The van der Waals surface area contributed by atoms with Gasteiger partial charge in [-0.1, -0.05) is 36.4 Å². The number of rotatable bonds is 6. The third-order valence-electron chi connectivity index (χ3n) is 4.54. The maximum atomic E-state index is 5.43. The van der Waals surface area contributed by atoms with Crippen molar-refractivity contribution in [3.05, 3.63) is 72.4 Å². The summed E-state index contributed by atoms with van der Waals surface area (Å²) in [5.74, 6) is 1.95. The highest BCUT2D eigenvalue weighted by molar-refractivity contribution is 5.86. The van der Waals surface area contributed by atoms with Crippen LogP contribution in [0.3, 0.4) is 0 Å². The van der Waals surface area contributed by atoms with E-state index in [2.05, 4.69) is 44.8 Å². The second kappa shape index (κ2) is 7.92. The van der Waals surface area contributed by atoms with E-state index in [-0.39, 0.29) is 0 Å². The molecule has 0 saturated carbocycles. The summed E-state index contributed by atoms with van der Waals surface area (Å²) in [4.78, 5) is 4.60. The molecule has 6 heteroatoms. The minimum absolute atomic E-state index is 0.462. The number of nitrogens with zero attached hydrogens (tertiary/aromatic N) is 3. The summed E-state index contributed by atoms with van der Waals surface area (Å²) >= 11 is 0. The molecule has 0 spiro atoms. The van der Waals surface area contributed by atoms with Crippen molar-refractivity contribution in [1.82, 2.24) is 15.2 Å². The molecule has 0 unspecified atom stereocenters. The molecule has 140 valence electrons. The lowest BCUT2D eigenvalue weighted by Gasteiger charge is -2.11. The van der Waals surface area contributed by atoms with Gasteiger partial charge in [-0.25, -0.2) is 4.98 Å². The summed E-state index contributed by atoms with van der Waals surface area (Å²) < 4.78 is 10.7. The van der Waals surface area contributed by atoms with Gasteiger partial charge in [0.15, 0.2) is 0 Å². The number of methoxy groups -OCH3 is 2. The Morgan fingerprint density at radius 3 is 2.57 bits per heavy atom. The number of hydrogen-bond acceptors (Lipinski definition) is 6. The normalized spacial score (nSPS) is 10.6. The van der Waals surface area contributed by atoms with Crippen molar-refractivity contribution in [3.8, 4) is 22.8 Å². The van der Waals surface area contributed by atoms with Crippen LogP contribution in [0.2, 0.25) is 0 Å². The molecule has 1 heterocycles. The van der Waals surface area contributed by atoms with E-state index >= 15 is 0 Å². The van der Waals surface area contributed by atoms with Gasteiger partial charge in [-0.15, -0.1) is 5.10 Å². The van der Waals surface area contributed by atoms with Gasteiger partial charge in [0.25, 0.3) is 0 Å². The molecule has 0 atom stereocenters. The second-order valence-corrected chi connectivity index (χ2v) is 6.26. The van der Waals surface area contributed by atoms with Gasteiger partial charge in [0, 0.05) is 23.7 Å². The predicted octanol–water partition coefficient (Wildman–Crippen LogP) is 4.32. The molecule has 1 N–H and O–H groups in total. The lowest BCUT2D eigenvalue weighted by atomic mass is 10.1. The molecular weight excluding hydrogens is 352 g/mol. The third-order valence-corrected chi connectivity index (χ3v) is 4.54. The monoisotopic (exact) mass is 372 g/mol. The first-order chi connectivity index (χ1) is 13.8. The van der Waals surface area contributed by atoms with Crippen molar-refractivity contribution in [2.24, 2.45) is 0 Å². The molecule has 28 heavy (non-hydrogen) atoms. The number of fused-ring (bicyclic) bond motifs is 1. The second-order valence-electron chi connectivity index (χ2n) is 6.26. The first-order valence-corrected chi connectivity index (χ1v) is 8.90. The minimum atomic E-state index is 0.462. The van der Waals surface area contributed by atoms with E-state index in [9.17, 15) is 0 Å². The van der Waals surface area contributed by atoms with Gasteiger partial charge in [-0.05, 0) is 29.0 Å². The topological polar surface area (TPSA) is 69.2 Å². The van der Waals surface area contributed by atoms with Crippen molar-refractivity contribution in [3.63, 3.8) is 0 Å². The fourth-order valence-corrected chi connectivity index (χ4v) is 3.04. The minimum Gasteiger partial charge on any atom is -0.497 e. The van der Waals surface area contributed by atoms with Crippen LogP contribution >= 0.6 is 0 Å². The van der Waals surface area contributed by atoms with Gasteiger partial charge < -0.3 is 14.8 Å². The Balaban J connectivity index is 1.55. The van der Waals surface area contributed by atoms with Crippen molar-refractivity contribution in [2.45, 2.75) is 6.54 Å². The molecule has 0 aliphatic heterocycles. The van der Waals surface area contributed by atoms with Crippen LogP contribution in [0, 0.1) is 0 Å². The summed E-state index contributed by atoms with van der Waals surface area (Å²) in [6, 6.07) is 20.2. The average Bonchev–Trinajstić information content (AvgIpc) is 2.77.